The van der Waals surface area contributed by atoms with E-state index in [0.717, 1.165) is 11.3 Å². The Balaban J connectivity index is 1.75. The van der Waals surface area contributed by atoms with Gasteiger partial charge in [0.1, 0.15) is 6.04 Å². The molecule has 0 saturated heterocycles. The van der Waals surface area contributed by atoms with Crippen LogP contribution < -0.4 is 10.6 Å². The Bertz CT molecular complexity index is 693. The molecule has 1 amide bonds. The summed E-state index contributed by atoms with van der Waals surface area (Å²) in [6.07, 6.45) is 0.640. The highest BCUT2D eigenvalue weighted by molar-refractivity contribution is 6.44. The summed E-state index contributed by atoms with van der Waals surface area (Å²) in [6.45, 7) is 0. The van der Waals surface area contributed by atoms with Crippen LogP contribution in [0, 0.1) is 0 Å². The Morgan fingerprint density at radius 2 is 1.81 bits per heavy atom. The van der Waals surface area contributed by atoms with Crippen molar-refractivity contribution in [3.05, 3.63) is 57.0 Å². The molecule has 2 N–H and O–H groups in total. The number of para-hydroxylation sites is 1. The van der Waals surface area contributed by atoms with Crippen LogP contribution >= 0.6 is 34.8 Å². The fourth-order valence-electron chi connectivity index (χ4n) is 2.29. The Morgan fingerprint density at radius 3 is 2.57 bits per heavy atom. The van der Waals surface area contributed by atoms with Crippen molar-refractivity contribution in [1.82, 2.24) is 0 Å². The first kappa shape index (κ1) is 14.5. The topological polar surface area (TPSA) is 41.1 Å². The molecule has 3 rings (SSSR count). The van der Waals surface area contributed by atoms with Gasteiger partial charge in [0.15, 0.2) is 0 Å². The molecule has 0 bridgehead atoms. The van der Waals surface area contributed by atoms with Crippen molar-refractivity contribution < 1.29 is 4.79 Å². The average Bonchev–Trinajstić information content (AvgIpc) is 2.88. The zero-order valence-corrected chi connectivity index (χ0v) is 13.1. The lowest BCUT2D eigenvalue weighted by molar-refractivity contribution is -0.116. The van der Waals surface area contributed by atoms with Crippen molar-refractivity contribution in [3.8, 4) is 0 Å². The Kier molecular flexibility index (Phi) is 3.98. The molecule has 1 heterocycles. The van der Waals surface area contributed by atoms with E-state index < -0.39 is 0 Å². The molecule has 1 aliphatic rings. The molecular formula is C15H11Cl3N2O. The second-order valence-corrected chi connectivity index (χ2v) is 6.02. The van der Waals surface area contributed by atoms with Gasteiger partial charge in [0, 0.05) is 12.1 Å². The second kappa shape index (κ2) is 5.76. The number of amides is 1. The highest BCUT2D eigenvalue weighted by atomic mass is 35.5. The van der Waals surface area contributed by atoms with Crippen LogP contribution in [-0.2, 0) is 11.2 Å². The van der Waals surface area contributed by atoms with E-state index in [-0.39, 0.29) is 11.9 Å². The summed E-state index contributed by atoms with van der Waals surface area (Å²) in [5.41, 5.74) is 2.56. The van der Waals surface area contributed by atoms with Gasteiger partial charge in [-0.15, -0.1) is 0 Å². The van der Waals surface area contributed by atoms with E-state index in [2.05, 4.69) is 10.6 Å². The average molecular weight is 342 g/mol. The van der Waals surface area contributed by atoms with E-state index in [4.69, 9.17) is 34.8 Å². The van der Waals surface area contributed by atoms with Crippen LogP contribution in [0.25, 0.3) is 0 Å². The lowest BCUT2D eigenvalue weighted by Gasteiger charge is -2.13. The van der Waals surface area contributed by atoms with Crippen LogP contribution in [0.15, 0.2) is 36.4 Å². The quantitative estimate of drug-likeness (QED) is 0.782. The first-order valence-corrected chi connectivity index (χ1v) is 7.48. The minimum Gasteiger partial charge on any atom is -0.373 e. The van der Waals surface area contributed by atoms with Crippen LogP contribution in [0.5, 0.6) is 0 Å². The molecule has 0 unspecified atom stereocenters. The summed E-state index contributed by atoms with van der Waals surface area (Å²) in [5.74, 6) is -0.161. The van der Waals surface area contributed by atoms with E-state index in [1.54, 1.807) is 6.07 Å². The van der Waals surface area contributed by atoms with Gasteiger partial charge in [0.2, 0.25) is 5.91 Å². The van der Waals surface area contributed by atoms with Crippen molar-refractivity contribution in [2.24, 2.45) is 0 Å². The monoisotopic (exact) mass is 340 g/mol. The van der Waals surface area contributed by atoms with Gasteiger partial charge in [-0.25, -0.2) is 0 Å². The molecule has 3 nitrogen and oxygen atoms in total. The predicted molar refractivity (Wildman–Crippen MR) is 87.7 cm³/mol. The van der Waals surface area contributed by atoms with Crippen molar-refractivity contribution in [2.75, 3.05) is 10.6 Å². The lowest BCUT2D eigenvalue weighted by Crippen LogP contribution is -2.32. The first-order valence-electron chi connectivity index (χ1n) is 6.34. The number of carbonyl (C=O) groups excluding carboxylic acids is 1. The van der Waals surface area contributed by atoms with E-state index in [9.17, 15) is 4.79 Å². The maximum Gasteiger partial charge on any atom is 0.247 e. The number of hydrogen-bond acceptors (Lipinski definition) is 2. The van der Waals surface area contributed by atoms with E-state index in [1.807, 2.05) is 24.3 Å². The number of nitrogens with one attached hydrogen (secondary N) is 2. The largest absolute Gasteiger partial charge is 0.373 e. The smallest absolute Gasteiger partial charge is 0.247 e. The molecular weight excluding hydrogens is 331 g/mol. The van der Waals surface area contributed by atoms with Gasteiger partial charge >= 0.3 is 0 Å². The summed E-state index contributed by atoms with van der Waals surface area (Å²) in [7, 11) is 0. The molecule has 0 radical (unpaired) electrons. The van der Waals surface area contributed by atoms with Crippen molar-refractivity contribution >= 4 is 52.1 Å². The van der Waals surface area contributed by atoms with Crippen LogP contribution in [0.2, 0.25) is 15.1 Å². The second-order valence-electron chi connectivity index (χ2n) is 4.79. The number of carbonyl (C=O) groups is 1. The summed E-state index contributed by atoms with van der Waals surface area (Å²) in [4.78, 5) is 12.3. The van der Waals surface area contributed by atoms with Crippen molar-refractivity contribution in [2.45, 2.75) is 12.5 Å². The van der Waals surface area contributed by atoms with E-state index in [0.29, 0.717) is 27.2 Å². The third-order valence-corrected chi connectivity index (χ3v) is 4.39. The van der Waals surface area contributed by atoms with E-state index in [1.165, 1.54) is 6.07 Å². The SMILES string of the molecule is O=C(Nc1cc(Cl)c(Cl)cc1Cl)[C@@H]1Cc2ccccc2N1. The molecule has 2 aromatic carbocycles. The molecule has 108 valence electrons. The van der Waals surface area contributed by atoms with E-state index >= 15 is 0 Å². The van der Waals surface area contributed by atoms with Gasteiger partial charge in [-0.2, -0.15) is 0 Å². The number of anilines is 2. The molecule has 0 saturated carbocycles. The molecule has 6 heteroatoms. The molecule has 2 aromatic rings. The number of benzene rings is 2. The number of halogens is 3. The molecule has 1 atom stereocenters. The summed E-state index contributed by atoms with van der Waals surface area (Å²) < 4.78 is 0. The Labute approximate surface area is 137 Å². The third-order valence-electron chi connectivity index (χ3n) is 3.36. The molecule has 0 spiro atoms. The molecule has 0 aromatic heterocycles. The van der Waals surface area contributed by atoms with Gasteiger partial charge in [-0.1, -0.05) is 53.0 Å². The van der Waals surface area contributed by atoms with Crippen LogP contribution in [0.1, 0.15) is 5.56 Å². The Hall–Kier alpha value is -1.42. The molecule has 1 aliphatic heterocycles. The van der Waals surface area contributed by atoms with Gasteiger partial charge in [0.05, 0.1) is 20.8 Å². The zero-order chi connectivity index (χ0) is 15.0. The fraction of sp³-hybridized carbons (Fsp3) is 0.133. The highest BCUT2D eigenvalue weighted by Crippen LogP contribution is 2.33. The minimum atomic E-state index is -0.326. The fourth-order valence-corrected chi connectivity index (χ4v) is 2.89. The first-order chi connectivity index (χ1) is 10.0. The maximum atomic E-state index is 12.3. The van der Waals surface area contributed by atoms with Gasteiger partial charge in [-0.3, -0.25) is 4.79 Å². The third kappa shape index (κ3) is 2.95. The van der Waals surface area contributed by atoms with Gasteiger partial charge < -0.3 is 10.6 Å². The van der Waals surface area contributed by atoms with Crippen molar-refractivity contribution in [1.29, 1.82) is 0 Å². The van der Waals surface area contributed by atoms with Gasteiger partial charge in [0.25, 0.3) is 0 Å². The van der Waals surface area contributed by atoms with Crippen LogP contribution in [-0.4, -0.2) is 11.9 Å². The zero-order valence-electron chi connectivity index (χ0n) is 10.8. The maximum absolute atomic E-state index is 12.3. The minimum absolute atomic E-state index is 0.161. The van der Waals surface area contributed by atoms with Crippen LogP contribution in [0.3, 0.4) is 0 Å². The van der Waals surface area contributed by atoms with Crippen LogP contribution in [0.4, 0.5) is 11.4 Å². The number of hydrogen-bond donors (Lipinski definition) is 2. The number of rotatable bonds is 2. The molecule has 21 heavy (non-hydrogen) atoms. The summed E-state index contributed by atoms with van der Waals surface area (Å²) in [5, 5.41) is 7.02. The predicted octanol–water partition coefficient (Wildman–Crippen LogP) is 4.62. The summed E-state index contributed by atoms with van der Waals surface area (Å²) >= 11 is 17.9. The lowest BCUT2D eigenvalue weighted by atomic mass is 10.1. The Morgan fingerprint density at radius 1 is 1.10 bits per heavy atom. The van der Waals surface area contributed by atoms with Gasteiger partial charge in [-0.05, 0) is 23.8 Å². The number of fused-ring (bicyclic) bond motifs is 1. The van der Waals surface area contributed by atoms with Crippen molar-refractivity contribution in [3.63, 3.8) is 0 Å². The summed E-state index contributed by atoms with van der Waals surface area (Å²) in [6, 6.07) is 10.6. The normalized spacial score (nSPS) is 16.2. The standard InChI is InChI=1S/C15H11Cl3N2O/c16-9-6-11(18)13(7-10(9)17)20-15(21)14-5-8-3-1-2-4-12(8)19-14/h1-4,6-7,14,19H,5H2,(H,20,21)/t14-/m0/s1. The molecule has 0 aliphatic carbocycles. The highest BCUT2D eigenvalue weighted by Gasteiger charge is 2.26. The molecule has 0 fully saturated rings.